The third kappa shape index (κ3) is 3.88. The summed E-state index contributed by atoms with van der Waals surface area (Å²) in [6, 6.07) is 13.7. The molecule has 0 heterocycles. The van der Waals surface area contributed by atoms with Crippen LogP contribution in [0.3, 0.4) is 0 Å². The molecule has 0 bridgehead atoms. The fourth-order valence-corrected chi connectivity index (χ4v) is 2.32. The first-order valence-electron chi connectivity index (χ1n) is 6.30. The first-order chi connectivity index (χ1) is 9.06. The fraction of sp³-hybridized carbons (Fsp3) is 0.250. The van der Waals surface area contributed by atoms with E-state index in [-0.39, 0.29) is 11.9 Å². The first-order valence-corrected chi connectivity index (χ1v) is 7.09. The van der Waals surface area contributed by atoms with Crippen molar-refractivity contribution >= 4 is 15.9 Å². The first kappa shape index (κ1) is 14.2. The highest BCUT2D eigenvalue weighted by Gasteiger charge is 2.07. The van der Waals surface area contributed by atoms with Gasteiger partial charge in [-0.2, -0.15) is 0 Å². The maximum Gasteiger partial charge on any atom is 0.128 e. The van der Waals surface area contributed by atoms with Gasteiger partial charge in [0, 0.05) is 22.6 Å². The van der Waals surface area contributed by atoms with Gasteiger partial charge in [0.15, 0.2) is 0 Å². The van der Waals surface area contributed by atoms with Crippen LogP contribution in [0.25, 0.3) is 0 Å². The Hall–Kier alpha value is -1.19. The summed E-state index contributed by atoms with van der Waals surface area (Å²) in [4.78, 5) is 0. The van der Waals surface area contributed by atoms with E-state index in [0.29, 0.717) is 12.1 Å². The Morgan fingerprint density at radius 1 is 1.21 bits per heavy atom. The summed E-state index contributed by atoms with van der Waals surface area (Å²) in [5.41, 5.74) is 3.14. The van der Waals surface area contributed by atoms with Gasteiger partial charge in [-0.05, 0) is 31.5 Å². The van der Waals surface area contributed by atoms with Crippen LogP contribution in [0.5, 0.6) is 0 Å². The van der Waals surface area contributed by atoms with E-state index in [2.05, 4.69) is 53.3 Å². The molecule has 0 radical (unpaired) electrons. The zero-order valence-corrected chi connectivity index (χ0v) is 12.7. The van der Waals surface area contributed by atoms with Crippen LogP contribution in [-0.2, 0) is 6.54 Å². The van der Waals surface area contributed by atoms with Crippen LogP contribution < -0.4 is 5.32 Å². The number of hydrogen-bond donors (Lipinski definition) is 1. The summed E-state index contributed by atoms with van der Waals surface area (Å²) >= 11 is 3.26. The van der Waals surface area contributed by atoms with Gasteiger partial charge in [0.25, 0.3) is 0 Å². The third-order valence-corrected chi connectivity index (χ3v) is 3.65. The zero-order chi connectivity index (χ0) is 13.8. The number of benzene rings is 2. The molecule has 0 aliphatic rings. The van der Waals surface area contributed by atoms with Crippen LogP contribution in [-0.4, -0.2) is 0 Å². The maximum absolute atomic E-state index is 13.7. The smallest absolute Gasteiger partial charge is 0.128 e. The average molecular weight is 322 g/mol. The highest BCUT2D eigenvalue weighted by Crippen LogP contribution is 2.18. The molecule has 2 rings (SSSR count). The highest BCUT2D eigenvalue weighted by atomic mass is 79.9. The molecule has 0 amide bonds. The second-order valence-electron chi connectivity index (χ2n) is 4.75. The summed E-state index contributed by atoms with van der Waals surface area (Å²) in [5, 5.41) is 3.35. The van der Waals surface area contributed by atoms with Gasteiger partial charge in [-0.1, -0.05) is 51.8 Å². The second-order valence-corrected chi connectivity index (χ2v) is 5.67. The van der Waals surface area contributed by atoms with E-state index < -0.39 is 0 Å². The molecule has 2 aromatic rings. The lowest BCUT2D eigenvalue weighted by Crippen LogP contribution is -2.18. The molecule has 0 unspecified atom stereocenters. The number of rotatable bonds is 4. The minimum Gasteiger partial charge on any atom is -0.306 e. The van der Waals surface area contributed by atoms with Crippen LogP contribution in [0, 0.1) is 12.7 Å². The zero-order valence-electron chi connectivity index (χ0n) is 11.1. The van der Waals surface area contributed by atoms with Gasteiger partial charge in [0.05, 0.1) is 0 Å². The van der Waals surface area contributed by atoms with Crippen molar-refractivity contribution in [1.29, 1.82) is 0 Å². The molecule has 1 N–H and O–H groups in total. The van der Waals surface area contributed by atoms with E-state index in [1.54, 1.807) is 6.07 Å². The van der Waals surface area contributed by atoms with E-state index in [1.165, 1.54) is 17.2 Å². The molecule has 2 aromatic carbocycles. The van der Waals surface area contributed by atoms with Gasteiger partial charge in [-0.25, -0.2) is 4.39 Å². The van der Waals surface area contributed by atoms with Crippen molar-refractivity contribution in [3.63, 3.8) is 0 Å². The Kier molecular flexibility index (Phi) is 4.72. The summed E-state index contributed by atoms with van der Waals surface area (Å²) in [6.07, 6.45) is 0. The largest absolute Gasteiger partial charge is 0.306 e. The summed E-state index contributed by atoms with van der Waals surface area (Å²) < 4.78 is 14.5. The van der Waals surface area contributed by atoms with E-state index in [1.807, 2.05) is 12.1 Å². The van der Waals surface area contributed by atoms with E-state index in [0.717, 1.165) is 4.47 Å². The van der Waals surface area contributed by atoms with Crippen LogP contribution >= 0.6 is 15.9 Å². The molecule has 0 saturated carbocycles. The average Bonchev–Trinajstić information content (AvgIpc) is 2.37. The molecule has 1 nitrogen and oxygen atoms in total. The van der Waals surface area contributed by atoms with E-state index in [9.17, 15) is 4.39 Å². The van der Waals surface area contributed by atoms with Gasteiger partial charge in [-0.15, -0.1) is 0 Å². The van der Waals surface area contributed by atoms with Crippen LogP contribution in [0.4, 0.5) is 4.39 Å². The van der Waals surface area contributed by atoms with E-state index in [4.69, 9.17) is 0 Å². The third-order valence-electron chi connectivity index (χ3n) is 3.16. The molecule has 1 atom stereocenters. The Balaban J connectivity index is 2.02. The standard InChI is InChI=1S/C16H17BrFN/c1-11-4-3-5-13(8-11)12(2)19-10-14-6-7-15(17)9-16(14)18/h3-9,12,19H,10H2,1-2H3/t12-/m0/s1. The van der Waals surface area contributed by atoms with Crippen molar-refractivity contribution in [3.8, 4) is 0 Å². The van der Waals surface area contributed by atoms with Crippen molar-refractivity contribution in [3.05, 3.63) is 69.4 Å². The Labute approximate surface area is 122 Å². The molecule has 0 fully saturated rings. The molecule has 3 heteroatoms. The van der Waals surface area contributed by atoms with Crippen molar-refractivity contribution in [1.82, 2.24) is 5.32 Å². The van der Waals surface area contributed by atoms with Crippen molar-refractivity contribution in [2.75, 3.05) is 0 Å². The summed E-state index contributed by atoms with van der Waals surface area (Å²) in [6.45, 7) is 4.68. The van der Waals surface area contributed by atoms with Crippen LogP contribution in [0.1, 0.15) is 29.7 Å². The summed E-state index contributed by atoms with van der Waals surface area (Å²) in [7, 11) is 0. The molecule has 0 aliphatic carbocycles. The molecule has 0 saturated heterocycles. The molecular formula is C16H17BrFN. The number of hydrogen-bond acceptors (Lipinski definition) is 1. The molecule has 19 heavy (non-hydrogen) atoms. The lowest BCUT2D eigenvalue weighted by molar-refractivity contribution is 0.544. The van der Waals surface area contributed by atoms with Gasteiger partial charge in [0.1, 0.15) is 5.82 Å². The lowest BCUT2D eigenvalue weighted by atomic mass is 10.1. The molecule has 0 aliphatic heterocycles. The van der Waals surface area contributed by atoms with Crippen LogP contribution in [0.2, 0.25) is 0 Å². The Morgan fingerprint density at radius 3 is 2.68 bits per heavy atom. The normalized spacial score (nSPS) is 12.4. The number of nitrogens with one attached hydrogen (secondary N) is 1. The molecule has 0 spiro atoms. The van der Waals surface area contributed by atoms with E-state index >= 15 is 0 Å². The number of aryl methyl sites for hydroxylation is 1. The van der Waals surface area contributed by atoms with Gasteiger partial charge < -0.3 is 5.32 Å². The predicted octanol–water partition coefficient (Wildman–Crippen LogP) is 4.75. The highest BCUT2D eigenvalue weighted by molar-refractivity contribution is 9.10. The molecule has 100 valence electrons. The van der Waals surface area contributed by atoms with Crippen molar-refractivity contribution in [2.45, 2.75) is 26.4 Å². The van der Waals surface area contributed by atoms with Crippen LogP contribution in [0.15, 0.2) is 46.9 Å². The Morgan fingerprint density at radius 2 is 2.00 bits per heavy atom. The predicted molar refractivity (Wildman–Crippen MR) is 80.5 cm³/mol. The van der Waals surface area contributed by atoms with Crippen molar-refractivity contribution < 1.29 is 4.39 Å². The fourth-order valence-electron chi connectivity index (χ4n) is 1.99. The lowest BCUT2D eigenvalue weighted by Gasteiger charge is -2.15. The minimum absolute atomic E-state index is 0.182. The Bertz CT molecular complexity index is 568. The SMILES string of the molecule is Cc1cccc([C@H](C)NCc2ccc(Br)cc2F)c1. The van der Waals surface area contributed by atoms with Gasteiger partial charge in [0.2, 0.25) is 0 Å². The summed E-state index contributed by atoms with van der Waals surface area (Å²) in [5.74, 6) is -0.182. The monoisotopic (exact) mass is 321 g/mol. The second kappa shape index (κ2) is 6.31. The molecular weight excluding hydrogens is 305 g/mol. The maximum atomic E-state index is 13.7. The topological polar surface area (TPSA) is 12.0 Å². The van der Waals surface area contributed by atoms with Crippen molar-refractivity contribution in [2.24, 2.45) is 0 Å². The minimum atomic E-state index is -0.182. The van der Waals surface area contributed by atoms with Gasteiger partial charge >= 0.3 is 0 Å². The molecule has 0 aromatic heterocycles. The quantitative estimate of drug-likeness (QED) is 0.857. The number of halogens is 2. The van der Waals surface area contributed by atoms with Gasteiger partial charge in [-0.3, -0.25) is 0 Å².